The number of nitrogens with zero attached hydrogens (tertiary/aromatic N) is 2. The van der Waals surface area contributed by atoms with Crippen LogP contribution in [-0.2, 0) is 4.79 Å². The summed E-state index contributed by atoms with van der Waals surface area (Å²) >= 11 is 0. The first-order chi connectivity index (χ1) is 13.2. The van der Waals surface area contributed by atoms with E-state index >= 15 is 0 Å². The molecule has 1 aromatic heterocycles. The molecule has 1 N–H and O–H groups in total. The highest BCUT2D eigenvalue weighted by Gasteiger charge is 2.48. The lowest BCUT2D eigenvalue weighted by Crippen LogP contribution is -2.43. The van der Waals surface area contributed by atoms with E-state index in [-0.39, 0.29) is 28.9 Å². The summed E-state index contributed by atoms with van der Waals surface area (Å²) in [5.74, 6) is -0.391. The number of ether oxygens (including phenoxy) is 3. The van der Waals surface area contributed by atoms with Gasteiger partial charge in [0.05, 0.1) is 0 Å². The SMILES string of the molecule is CC[C@@]1(C)NC(=O)N(c2cccc(Oc3ccc4c(c3)OC(F)(F)O4)n2)C1=O. The van der Waals surface area contributed by atoms with Gasteiger partial charge in [-0.05, 0) is 31.5 Å². The molecule has 0 saturated carbocycles. The summed E-state index contributed by atoms with van der Waals surface area (Å²) in [7, 11) is 0. The van der Waals surface area contributed by atoms with Crippen LogP contribution in [0.1, 0.15) is 20.3 Å². The Labute approximate surface area is 158 Å². The summed E-state index contributed by atoms with van der Waals surface area (Å²) in [5.41, 5.74) is -1.00. The molecule has 1 atom stereocenters. The van der Waals surface area contributed by atoms with Crippen LogP contribution < -0.4 is 24.4 Å². The van der Waals surface area contributed by atoms with Gasteiger partial charge in [-0.15, -0.1) is 8.78 Å². The lowest BCUT2D eigenvalue weighted by molar-refractivity contribution is -0.286. The Morgan fingerprint density at radius 1 is 1.18 bits per heavy atom. The summed E-state index contributed by atoms with van der Waals surface area (Å²) in [4.78, 5) is 29.9. The zero-order chi connectivity index (χ0) is 20.1. The van der Waals surface area contributed by atoms with Gasteiger partial charge >= 0.3 is 12.3 Å². The van der Waals surface area contributed by atoms with Gasteiger partial charge in [-0.3, -0.25) is 4.79 Å². The molecule has 1 fully saturated rings. The maximum atomic E-state index is 13.1. The fourth-order valence-electron chi connectivity index (χ4n) is 2.83. The van der Waals surface area contributed by atoms with Gasteiger partial charge < -0.3 is 19.5 Å². The summed E-state index contributed by atoms with van der Waals surface area (Å²) in [5, 5.41) is 2.64. The first-order valence-corrected chi connectivity index (χ1v) is 8.42. The zero-order valence-electron chi connectivity index (χ0n) is 14.9. The molecule has 2 aliphatic rings. The highest BCUT2D eigenvalue weighted by atomic mass is 19.3. The minimum absolute atomic E-state index is 0.0637. The molecule has 4 rings (SSSR count). The van der Waals surface area contributed by atoms with E-state index in [1.807, 2.05) is 0 Å². The van der Waals surface area contributed by atoms with Crippen molar-refractivity contribution in [3.05, 3.63) is 36.4 Å². The highest BCUT2D eigenvalue weighted by molar-refractivity contribution is 6.22. The van der Waals surface area contributed by atoms with Crippen LogP contribution in [0, 0.1) is 0 Å². The normalized spacial score (nSPS) is 22.4. The molecule has 2 aromatic rings. The smallest absolute Gasteiger partial charge is 0.439 e. The predicted molar refractivity (Wildman–Crippen MR) is 91.7 cm³/mol. The van der Waals surface area contributed by atoms with Crippen LogP contribution in [-0.4, -0.2) is 28.8 Å². The third-order valence-corrected chi connectivity index (χ3v) is 4.50. The molecule has 0 bridgehead atoms. The van der Waals surface area contributed by atoms with Crippen molar-refractivity contribution < 1.29 is 32.6 Å². The number of carbonyl (C=O) groups excluding carboxylic acids is 2. The Morgan fingerprint density at radius 2 is 1.93 bits per heavy atom. The molecule has 1 saturated heterocycles. The number of benzene rings is 1. The molecule has 3 amide bonds. The molecule has 2 aliphatic heterocycles. The molecule has 10 heteroatoms. The summed E-state index contributed by atoms with van der Waals surface area (Å²) in [6.45, 7) is 3.42. The van der Waals surface area contributed by atoms with Crippen molar-refractivity contribution >= 4 is 17.8 Å². The Balaban J connectivity index is 1.58. The first-order valence-electron chi connectivity index (χ1n) is 8.42. The second-order valence-electron chi connectivity index (χ2n) is 6.47. The van der Waals surface area contributed by atoms with Crippen molar-refractivity contribution in [3.63, 3.8) is 0 Å². The first kappa shape index (κ1) is 18.0. The number of imide groups is 1. The standard InChI is InChI=1S/C18H15F2N3O5/c1-3-17(2)15(24)23(16(25)22-17)13-5-4-6-14(21-13)26-10-7-8-11-12(9-10)28-18(19,20)27-11/h4-9H,3H2,1-2H3,(H,22,25)/t17-/m1/s1. The molecule has 8 nitrogen and oxygen atoms in total. The molecule has 1 aromatic carbocycles. The third kappa shape index (κ3) is 2.96. The number of fused-ring (bicyclic) bond motifs is 1. The number of alkyl halides is 2. The number of carbonyl (C=O) groups is 2. The van der Waals surface area contributed by atoms with Gasteiger partial charge in [-0.25, -0.2) is 9.69 Å². The second-order valence-corrected chi connectivity index (χ2v) is 6.47. The van der Waals surface area contributed by atoms with Gasteiger partial charge in [-0.1, -0.05) is 13.0 Å². The van der Waals surface area contributed by atoms with E-state index in [9.17, 15) is 18.4 Å². The van der Waals surface area contributed by atoms with Crippen LogP contribution in [0.15, 0.2) is 36.4 Å². The fourth-order valence-corrected chi connectivity index (χ4v) is 2.83. The molecule has 0 spiro atoms. The number of halogens is 2. The van der Waals surface area contributed by atoms with Gasteiger partial charge in [0.2, 0.25) is 5.88 Å². The van der Waals surface area contributed by atoms with Gasteiger partial charge in [0.25, 0.3) is 5.91 Å². The fraction of sp³-hybridized carbons (Fsp3) is 0.278. The number of amides is 3. The Hall–Kier alpha value is -3.43. The number of urea groups is 1. The van der Waals surface area contributed by atoms with E-state index in [1.54, 1.807) is 19.9 Å². The van der Waals surface area contributed by atoms with Crippen LogP contribution in [0.5, 0.6) is 23.1 Å². The molecule has 0 radical (unpaired) electrons. The van der Waals surface area contributed by atoms with Crippen molar-refractivity contribution in [1.82, 2.24) is 10.3 Å². The molecular weight excluding hydrogens is 376 g/mol. The lowest BCUT2D eigenvalue weighted by atomic mass is 9.99. The van der Waals surface area contributed by atoms with Crippen LogP contribution in [0.3, 0.4) is 0 Å². The highest BCUT2D eigenvalue weighted by Crippen LogP contribution is 2.43. The van der Waals surface area contributed by atoms with E-state index in [0.29, 0.717) is 6.42 Å². The van der Waals surface area contributed by atoms with Crippen LogP contribution in [0.4, 0.5) is 19.4 Å². The number of pyridine rings is 1. The second kappa shape index (κ2) is 6.04. The van der Waals surface area contributed by atoms with E-state index in [0.717, 1.165) is 4.90 Å². The topological polar surface area (TPSA) is 90.0 Å². The van der Waals surface area contributed by atoms with Gasteiger partial charge in [0, 0.05) is 12.1 Å². The average Bonchev–Trinajstić information content (AvgIpc) is 3.06. The van der Waals surface area contributed by atoms with Crippen molar-refractivity contribution in [2.75, 3.05) is 4.90 Å². The summed E-state index contributed by atoms with van der Waals surface area (Å²) < 4.78 is 40.5. The maximum absolute atomic E-state index is 13.1. The van der Waals surface area contributed by atoms with E-state index in [4.69, 9.17) is 4.74 Å². The molecule has 28 heavy (non-hydrogen) atoms. The van der Waals surface area contributed by atoms with Gasteiger partial charge in [0.1, 0.15) is 17.1 Å². The molecule has 0 unspecified atom stereocenters. The lowest BCUT2D eigenvalue weighted by Gasteiger charge is -2.19. The number of hydrogen-bond donors (Lipinski definition) is 1. The zero-order valence-corrected chi connectivity index (χ0v) is 14.9. The molecular formula is C18H15F2N3O5. The number of aromatic nitrogens is 1. The molecule has 3 heterocycles. The Kier molecular flexibility index (Phi) is 3.88. The Bertz CT molecular complexity index is 983. The summed E-state index contributed by atoms with van der Waals surface area (Å²) in [6, 6.07) is 7.88. The largest absolute Gasteiger partial charge is 0.586 e. The molecule has 146 valence electrons. The number of hydrogen-bond acceptors (Lipinski definition) is 6. The minimum Gasteiger partial charge on any atom is -0.439 e. The van der Waals surface area contributed by atoms with E-state index in [2.05, 4.69) is 19.8 Å². The van der Waals surface area contributed by atoms with Crippen LogP contribution >= 0.6 is 0 Å². The van der Waals surface area contributed by atoms with Crippen molar-refractivity contribution in [3.8, 4) is 23.1 Å². The minimum atomic E-state index is -3.73. The number of rotatable bonds is 4. The van der Waals surface area contributed by atoms with Crippen molar-refractivity contribution in [2.45, 2.75) is 32.1 Å². The van der Waals surface area contributed by atoms with E-state index < -0.39 is 23.8 Å². The average molecular weight is 391 g/mol. The van der Waals surface area contributed by atoms with Crippen LogP contribution in [0.2, 0.25) is 0 Å². The van der Waals surface area contributed by atoms with E-state index in [1.165, 1.54) is 30.3 Å². The van der Waals surface area contributed by atoms with Gasteiger partial charge in [-0.2, -0.15) is 4.98 Å². The predicted octanol–water partition coefficient (Wildman–Crippen LogP) is 3.42. The quantitative estimate of drug-likeness (QED) is 0.804. The Morgan fingerprint density at radius 3 is 2.64 bits per heavy atom. The third-order valence-electron chi connectivity index (χ3n) is 4.50. The number of anilines is 1. The van der Waals surface area contributed by atoms with Crippen LogP contribution in [0.25, 0.3) is 0 Å². The molecule has 0 aliphatic carbocycles. The summed E-state index contributed by atoms with van der Waals surface area (Å²) in [6.07, 6.45) is -3.30. The maximum Gasteiger partial charge on any atom is 0.586 e. The van der Waals surface area contributed by atoms with Crippen molar-refractivity contribution in [1.29, 1.82) is 0 Å². The number of nitrogens with one attached hydrogen (secondary N) is 1. The van der Waals surface area contributed by atoms with Crippen molar-refractivity contribution in [2.24, 2.45) is 0 Å². The monoisotopic (exact) mass is 391 g/mol. The van der Waals surface area contributed by atoms with Gasteiger partial charge in [0.15, 0.2) is 11.5 Å².